The van der Waals surface area contributed by atoms with Crippen molar-refractivity contribution in [3.05, 3.63) is 36.0 Å². The summed E-state index contributed by atoms with van der Waals surface area (Å²) in [5.41, 5.74) is 1.12. The molecule has 1 aromatic carbocycles. The molecule has 0 aliphatic carbocycles. The highest BCUT2D eigenvalue weighted by Gasteiger charge is 2.07. The van der Waals surface area contributed by atoms with Gasteiger partial charge in [0.25, 0.3) is 0 Å². The molecule has 0 aliphatic heterocycles. The van der Waals surface area contributed by atoms with Crippen LogP contribution in [-0.2, 0) is 11.3 Å². The van der Waals surface area contributed by atoms with Gasteiger partial charge in [0.15, 0.2) is 0 Å². The number of ether oxygens (including phenoxy) is 1. The van der Waals surface area contributed by atoms with Gasteiger partial charge in [0, 0.05) is 18.3 Å². The van der Waals surface area contributed by atoms with Crippen LogP contribution in [0.4, 0.5) is 0 Å². The number of carboxylic acids is 1. The molecule has 5 nitrogen and oxygen atoms in total. The maximum absolute atomic E-state index is 11.0. The van der Waals surface area contributed by atoms with Gasteiger partial charge < -0.3 is 14.4 Å². The molecule has 0 saturated carbocycles. The zero-order valence-corrected chi connectivity index (χ0v) is 10.5. The Morgan fingerprint density at radius 3 is 3.00 bits per heavy atom. The smallest absolute Gasteiger partial charge is 0.335 e. The molecule has 1 aromatic heterocycles. The van der Waals surface area contributed by atoms with E-state index in [0.29, 0.717) is 13.2 Å². The summed E-state index contributed by atoms with van der Waals surface area (Å²) in [4.78, 5) is 11.0. The van der Waals surface area contributed by atoms with Crippen LogP contribution in [-0.4, -0.2) is 28.4 Å². The maximum Gasteiger partial charge on any atom is 0.335 e. The average molecular weight is 258 g/mol. The van der Waals surface area contributed by atoms with Gasteiger partial charge in [0.1, 0.15) is 6.10 Å². The first-order chi connectivity index (χ1) is 9.11. The van der Waals surface area contributed by atoms with Crippen molar-refractivity contribution in [1.82, 2.24) is 4.57 Å². The summed E-state index contributed by atoms with van der Waals surface area (Å²) in [5.74, 6) is -0.941. The summed E-state index contributed by atoms with van der Waals surface area (Å²) in [6.07, 6.45) is 1.45. The number of nitriles is 1. The molecule has 1 N–H and O–H groups in total. The molecule has 0 amide bonds. The van der Waals surface area contributed by atoms with Crippen molar-refractivity contribution in [2.45, 2.75) is 19.6 Å². The summed E-state index contributed by atoms with van der Waals surface area (Å²) in [7, 11) is 0. The lowest BCUT2D eigenvalue weighted by Gasteiger charge is -2.08. The van der Waals surface area contributed by atoms with Crippen LogP contribution in [0.2, 0.25) is 0 Å². The largest absolute Gasteiger partial charge is 0.478 e. The molecule has 0 bridgehead atoms. The molecule has 0 spiro atoms. The van der Waals surface area contributed by atoms with E-state index >= 15 is 0 Å². The first-order valence-electron chi connectivity index (χ1n) is 5.95. The second-order valence-corrected chi connectivity index (χ2v) is 4.23. The van der Waals surface area contributed by atoms with Crippen LogP contribution in [0.15, 0.2) is 30.5 Å². The number of carboxylic acid groups (broad SMARTS) is 1. The quantitative estimate of drug-likeness (QED) is 0.892. The molecule has 98 valence electrons. The first kappa shape index (κ1) is 13.1. The highest BCUT2D eigenvalue weighted by molar-refractivity contribution is 5.93. The number of aromatic nitrogens is 1. The van der Waals surface area contributed by atoms with E-state index in [9.17, 15) is 4.79 Å². The van der Waals surface area contributed by atoms with Crippen molar-refractivity contribution in [2.24, 2.45) is 0 Å². The lowest BCUT2D eigenvalue weighted by atomic mass is 10.2. The lowest BCUT2D eigenvalue weighted by molar-refractivity contribution is 0.0697. The second-order valence-electron chi connectivity index (χ2n) is 4.23. The van der Waals surface area contributed by atoms with Crippen molar-refractivity contribution >= 4 is 16.9 Å². The highest BCUT2D eigenvalue weighted by atomic mass is 16.5. The Balaban J connectivity index is 2.17. The Hall–Kier alpha value is -2.32. The molecule has 0 radical (unpaired) electrons. The SMILES string of the molecule is CC(C#N)OCCn1ccc2ccc(C(=O)O)cc21. The third-order valence-electron chi connectivity index (χ3n) is 2.90. The van der Waals surface area contributed by atoms with Crippen LogP contribution in [0.25, 0.3) is 10.9 Å². The number of benzene rings is 1. The molecular formula is C14H14N2O3. The number of fused-ring (bicyclic) bond motifs is 1. The summed E-state index contributed by atoms with van der Waals surface area (Å²) in [6.45, 7) is 2.69. The third kappa shape index (κ3) is 2.92. The zero-order chi connectivity index (χ0) is 13.8. The molecule has 19 heavy (non-hydrogen) atoms. The Morgan fingerprint density at radius 1 is 1.53 bits per heavy atom. The fourth-order valence-corrected chi connectivity index (χ4v) is 1.88. The number of nitrogens with zero attached hydrogens (tertiary/aromatic N) is 2. The highest BCUT2D eigenvalue weighted by Crippen LogP contribution is 2.17. The van der Waals surface area contributed by atoms with Crippen molar-refractivity contribution in [3.63, 3.8) is 0 Å². The summed E-state index contributed by atoms with van der Waals surface area (Å²) in [5, 5.41) is 18.6. The monoisotopic (exact) mass is 258 g/mol. The number of aromatic carboxylic acids is 1. The van der Waals surface area contributed by atoms with Gasteiger partial charge in [-0.05, 0) is 30.5 Å². The van der Waals surface area contributed by atoms with Crippen LogP contribution in [0.1, 0.15) is 17.3 Å². The number of rotatable bonds is 5. The Kier molecular flexibility index (Phi) is 3.83. The molecule has 1 unspecified atom stereocenters. The van der Waals surface area contributed by atoms with Crippen LogP contribution in [0.5, 0.6) is 0 Å². The second kappa shape index (κ2) is 5.55. The van der Waals surface area contributed by atoms with E-state index in [-0.39, 0.29) is 5.56 Å². The van der Waals surface area contributed by atoms with Crippen LogP contribution in [0.3, 0.4) is 0 Å². The van der Waals surface area contributed by atoms with Gasteiger partial charge in [0.2, 0.25) is 0 Å². The molecule has 0 aliphatic rings. The first-order valence-corrected chi connectivity index (χ1v) is 5.95. The van der Waals surface area contributed by atoms with E-state index in [4.69, 9.17) is 15.1 Å². The molecule has 1 heterocycles. The van der Waals surface area contributed by atoms with Gasteiger partial charge in [-0.2, -0.15) is 5.26 Å². The molecule has 2 rings (SSSR count). The molecule has 0 saturated heterocycles. The molecule has 2 aromatic rings. The third-order valence-corrected chi connectivity index (χ3v) is 2.90. The Morgan fingerprint density at radius 2 is 2.32 bits per heavy atom. The lowest BCUT2D eigenvalue weighted by Crippen LogP contribution is -2.11. The minimum atomic E-state index is -0.941. The van der Waals surface area contributed by atoms with E-state index in [1.165, 1.54) is 0 Å². The van der Waals surface area contributed by atoms with Gasteiger partial charge in [-0.25, -0.2) is 4.79 Å². The van der Waals surface area contributed by atoms with Gasteiger partial charge in [-0.3, -0.25) is 0 Å². The summed E-state index contributed by atoms with van der Waals surface area (Å²) < 4.78 is 7.22. The van der Waals surface area contributed by atoms with Crippen molar-refractivity contribution < 1.29 is 14.6 Å². The molecule has 1 atom stereocenters. The Labute approximate surface area is 110 Å². The van der Waals surface area contributed by atoms with E-state index in [1.54, 1.807) is 25.1 Å². The minimum Gasteiger partial charge on any atom is -0.478 e. The molecular weight excluding hydrogens is 244 g/mol. The standard InChI is InChI=1S/C14H14N2O3/c1-10(9-15)19-7-6-16-5-4-11-2-3-12(14(17)18)8-13(11)16/h2-5,8,10H,6-7H2,1H3,(H,17,18). The normalized spacial score (nSPS) is 12.2. The Bertz CT molecular complexity index is 640. The van der Waals surface area contributed by atoms with Crippen molar-refractivity contribution in [1.29, 1.82) is 5.26 Å². The molecule has 0 fully saturated rings. The number of carbonyl (C=O) groups is 1. The molecule has 5 heteroatoms. The van der Waals surface area contributed by atoms with Gasteiger partial charge in [-0.15, -0.1) is 0 Å². The fraction of sp³-hybridized carbons (Fsp3) is 0.286. The van der Waals surface area contributed by atoms with Crippen LogP contribution >= 0.6 is 0 Å². The number of hydrogen-bond donors (Lipinski definition) is 1. The van der Waals surface area contributed by atoms with Crippen LogP contribution in [0, 0.1) is 11.3 Å². The number of hydrogen-bond acceptors (Lipinski definition) is 3. The van der Waals surface area contributed by atoms with Gasteiger partial charge in [-0.1, -0.05) is 6.07 Å². The minimum absolute atomic E-state index is 0.263. The van der Waals surface area contributed by atoms with E-state index in [0.717, 1.165) is 10.9 Å². The summed E-state index contributed by atoms with van der Waals surface area (Å²) >= 11 is 0. The van der Waals surface area contributed by atoms with E-state index < -0.39 is 12.1 Å². The predicted molar refractivity (Wildman–Crippen MR) is 69.9 cm³/mol. The fourth-order valence-electron chi connectivity index (χ4n) is 1.88. The van der Waals surface area contributed by atoms with Crippen LogP contribution < -0.4 is 0 Å². The van der Waals surface area contributed by atoms with E-state index in [2.05, 4.69) is 0 Å². The maximum atomic E-state index is 11.0. The van der Waals surface area contributed by atoms with Gasteiger partial charge >= 0.3 is 5.97 Å². The predicted octanol–water partition coefficient (Wildman–Crippen LogP) is 2.27. The van der Waals surface area contributed by atoms with Gasteiger partial charge in [0.05, 0.1) is 18.2 Å². The van der Waals surface area contributed by atoms with Crippen molar-refractivity contribution in [2.75, 3.05) is 6.61 Å². The average Bonchev–Trinajstić information content (AvgIpc) is 2.81. The van der Waals surface area contributed by atoms with E-state index in [1.807, 2.05) is 22.9 Å². The van der Waals surface area contributed by atoms with Crippen molar-refractivity contribution in [3.8, 4) is 6.07 Å². The summed E-state index contributed by atoms with van der Waals surface area (Å²) in [6, 6.07) is 8.94. The topological polar surface area (TPSA) is 75.2 Å². The zero-order valence-electron chi connectivity index (χ0n) is 10.5.